The molecular formula is C18H19NO3. The van der Waals surface area contributed by atoms with Crippen LogP contribution in [-0.2, 0) is 9.53 Å². The van der Waals surface area contributed by atoms with Crippen molar-refractivity contribution in [2.24, 2.45) is 0 Å². The lowest BCUT2D eigenvalue weighted by Crippen LogP contribution is -2.31. The van der Waals surface area contributed by atoms with Gasteiger partial charge in [0.1, 0.15) is 0 Å². The molecule has 4 heteroatoms. The zero-order valence-corrected chi connectivity index (χ0v) is 12.3. The Balaban J connectivity index is 1.64. The van der Waals surface area contributed by atoms with Gasteiger partial charge in [-0.25, -0.2) is 0 Å². The Bertz CT molecular complexity index is 708. The topological polar surface area (TPSA) is 58.6 Å². The van der Waals surface area contributed by atoms with Gasteiger partial charge in [0.2, 0.25) is 0 Å². The van der Waals surface area contributed by atoms with Crippen molar-refractivity contribution < 1.29 is 14.6 Å². The number of benzene rings is 2. The third kappa shape index (κ3) is 3.28. The van der Waals surface area contributed by atoms with Crippen molar-refractivity contribution in [1.29, 1.82) is 0 Å². The van der Waals surface area contributed by atoms with Gasteiger partial charge in [-0.3, -0.25) is 4.79 Å². The van der Waals surface area contributed by atoms with E-state index in [4.69, 9.17) is 4.74 Å². The zero-order chi connectivity index (χ0) is 15.4. The molecular weight excluding hydrogens is 278 g/mol. The van der Waals surface area contributed by atoms with Crippen molar-refractivity contribution in [3.05, 3.63) is 59.9 Å². The molecule has 1 heterocycles. The molecule has 1 aliphatic heterocycles. The fourth-order valence-electron chi connectivity index (χ4n) is 2.53. The lowest BCUT2D eigenvalue weighted by Gasteiger charge is -2.16. The Morgan fingerprint density at radius 3 is 2.82 bits per heavy atom. The van der Waals surface area contributed by atoms with Crippen LogP contribution in [0, 0.1) is 0 Å². The van der Waals surface area contributed by atoms with E-state index in [1.807, 2.05) is 42.5 Å². The van der Waals surface area contributed by atoms with Gasteiger partial charge in [0.05, 0.1) is 12.7 Å². The predicted molar refractivity (Wildman–Crippen MR) is 85.2 cm³/mol. The number of allylic oxidation sites excluding steroid dienone is 1. The molecule has 2 N–H and O–H groups in total. The molecule has 0 fully saturated rings. The first kappa shape index (κ1) is 14.6. The largest absolute Gasteiger partial charge is 0.488 e. The van der Waals surface area contributed by atoms with Crippen molar-refractivity contribution in [1.82, 2.24) is 5.32 Å². The summed E-state index contributed by atoms with van der Waals surface area (Å²) >= 11 is 0. The van der Waals surface area contributed by atoms with E-state index in [1.54, 1.807) is 6.08 Å². The minimum absolute atomic E-state index is 0.165. The number of hydrogen-bond acceptors (Lipinski definition) is 3. The quantitative estimate of drug-likeness (QED) is 0.912. The maximum absolute atomic E-state index is 11.9. The number of ether oxygens (including phenoxy) is 1. The number of carbonyl (C=O) groups excluding carboxylic acids is 1. The molecule has 22 heavy (non-hydrogen) atoms. The molecule has 4 nitrogen and oxygen atoms in total. The van der Waals surface area contributed by atoms with E-state index in [0.717, 1.165) is 29.2 Å². The molecule has 2 aromatic carbocycles. The van der Waals surface area contributed by atoms with Gasteiger partial charge in [-0.15, -0.1) is 0 Å². The number of amides is 1. The Morgan fingerprint density at radius 2 is 2.05 bits per heavy atom. The average Bonchev–Trinajstić information content (AvgIpc) is 2.59. The van der Waals surface area contributed by atoms with Crippen LogP contribution in [0.25, 0.3) is 10.8 Å². The first-order valence-electron chi connectivity index (χ1n) is 7.52. The summed E-state index contributed by atoms with van der Waals surface area (Å²) in [5.74, 6) is 0.0940. The van der Waals surface area contributed by atoms with Crippen molar-refractivity contribution >= 4 is 16.7 Å². The van der Waals surface area contributed by atoms with Crippen LogP contribution in [0.3, 0.4) is 0 Å². The number of fused-ring (bicyclic) bond motifs is 1. The molecule has 1 amide bonds. The number of hydrogen-bond donors (Lipinski definition) is 2. The van der Waals surface area contributed by atoms with E-state index in [-0.39, 0.29) is 12.5 Å². The van der Waals surface area contributed by atoms with Crippen LogP contribution in [0.4, 0.5) is 0 Å². The molecule has 0 aromatic heterocycles. The van der Waals surface area contributed by atoms with Crippen LogP contribution in [-0.4, -0.2) is 24.2 Å². The van der Waals surface area contributed by atoms with E-state index in [9.17, 15) is 9.90 Å². The van der Waals surface area contributed by atoms with Gasteiger partial charge in [0.25, 0.3) is 5.91 Å². The smallest absolute Gasteiger partial charge is 0.286 e. The molecule has 0 saturated carbocycles. The molecule has 114 valence electrons. The summed E-state index contributed by atoms with van der Waals surface area (Å²) in [5.41, 5.74) is 0.789. The summed E-state index contributed by atoms with van der Waals surface area (Å²) in [6.45, 7) is 0.740. The summed E-state index contributed by atoms with van der Waals surface area (Å²) in [5, 5.41) is 15.2. The van der Waals surface area contributed by atoms with Gasteiger partial charge < -0.3 is 15.2 Å². The van der Waals surface area contributed by atoms with E-state index in [2.05, 4.69) is 5.32 Å². The Labute approximate surface area is 129 Å². The van der Waals surface area contributed by atoms with Gasteiger partial charge in [0.15, 0.2) is 5.76 Å². The van der Waals surface area contributed by atoms with Crippen molar-refractivity contribution in [3.63, 3.8) is 0 Å². The van der Waals surface area contributed by atoms with E-state index < -0.39 is 6.10 Å². The van der Waals surface area contributed by atoms with Crippen molar-refractivity contribution in [2.45, 2.75) is 18.9 Å². The van der Waals surface area contributed by atoms with Crippen LogP contribution in [0.15, 0.2) is 54.3 Å². The molecule has 0 spiro atoms. The second-order valence-electron chi connectivity index (χ2n) is 5.39. The highest BCUT2D eigenvalue weighted by Crippen LogP contribution is 2.20. The van der Waals surface area contributed by atoms with Crippen molar-refractivity contribution in [2.75, 3.05) is 13.2 Å². The SMILES string of the molecule is O=C(NCC(O)c1ccc2ccccc2c1)C1=CCCCO1. The second kappa shape index (κ2) is 6.62. The Hall–Kier alpha value is -2.33. The average molecular weight is 297 g/mol. The Kier molecular flexibility index (Phi) is 4.39. The molecule has 2 aromatic rings. The molecule has 1 unspecified atom stereocenters. The highest BCUT2D eigenvalue weighted by Gasteiger charge is 2.15. The summed E-state index contributed by atoms with van der Waals surface area (Å²) in [7, 11) is 0. The van der Waals surface area contributed by atoms with Crippen LogP contribution >= 0.6 is 0 Å². The first-order valence-corrected chi connectivity index (χ1v) is 7.52. The van der Waals surface area contributed by atoms with Gasteiger partial charge in [-0.1, -0.05) is 36.4 Å². The molecule has 1 aliphatic rings. The van der Waals surface area contributed by atoms with Crippen LogP contribution in [0.5, 0.6) is 0 Å². The maximum atomic E-state index is 11.9. The number of nitrogens with one attached hydrogen (secondary N) is 1. The minimum atomic E-state index is -0.738. The van der Waals surface area contributed by atoms with Crippen LogP contribution in [0.2, 0.25) is 0 Å². The predicted octanol–water partition coefficient (Wildman–Crippen LogP) is 2.68. The highest BCUT2D eigenvalue weighted by atomic mass is 16.5. The standard InChI is InChI=1S/C18H19NO3/c20-16(12-19-18(21)17-7-3-4-10-22-17)15-9-8-13-5-1-2-6-14(13)11-15/h1-2,5-9,11,16,20H,3-4,10,12H2,(H,19,21). The number of rotatable bonds is 4. The lowest BCUT2D eigenvalue weighted by molar-refractivity contribution is -0.121. The highest BCUT2D eigenvalue weighted by molar-refractivity contribution is 5.91. The fourth-order valence-corrected chi connectivity index (χ4v) is 2.53. The third-order valence-corrected chi connectivity index (χ3v) is 3.77. The summed E-state index contributed by atoms with van der Waals surface area (Å²) in [4.78, 5) is 11.9. The van der Waals surface area contributed by atoms with Crippen molar-refractivity contribution in [3.8, 4) is 0 Å². The summed E-state index contributed by atoms with van der Waals surface area (Å²) in [6, 6.07) is 13.8. The molecule has 1 atom stereocenters. The van der Waals surface area contributed by atoms with Gasteiger partial charge in [0, 0.05) is 6.54 Å². The Morgan fingerprint density at radius 1 is 1.23 bits per heavy atom. The van der Waals surface area contributed by atoms with Crippen LogP contribution < -0.4 is 5.32 Å². The van der Waals surface area contributed by atoms with Crippen LogP contribution in [0.1, 0.15) is 24.5 Å². The maximum Gasteiger partial charge on any atom is 0.286 e. The first-order chi connectivity index (χ1) is 10.7. The number of aliphatic hydroxyl groups is 1. The molecule has 0 radical (unpaired) electrons. The van der Waals surface area contributed by atoms with E-state index in [1.165, 1.54) is 0 Å². The van der Waals surface area contributed by atoms with Gasteiger partial charge in [-0.05, 0) is 41.3 Å². The van der Waals surface area contributed by atoms with E-state index in [0.29, 0.717) is 12.4 Å². The second-order valence-corrected chi connectivity index (χ2v) is 5.39. The van der Waals surface area contributed by atoms with E-state index >= 15 is 0 Å². The zero-order valence-electron chi connectivity index (χ0n) is 12.3. The molecule has 0 bridgehead atoms. The van der Waals surface area contributed by atoms with Gasteiger partial charge in [-0.2, -0.15) is 0 Å². The van der Waals surface area contributed by atoms with Gasteiger partial charge >= 0.3 is 0 Å². The monoisotopic (exact) mass is 297 g/mol. The normalized spacial score (nSPS) is 15.8. The molecule has 3 rings (SSSR count). The summed E-state index contributed by atoms with van der Waals surface area (Å²) < 4.78 is 5.30. The lowest BCUT2D eigenvalue weighted by atomic mass is 10.0. The minimum Gasteiger partial charge on any atom is -0.488 e. The molecule has 0 aliphatic carbocycles. The number of carbonyl (C=O) groups is 1. The fraction of sp³-hybridized carbons (Fsp3) is 0.278. The summed E-state index contributed by atoms with van der Waals surface area (Å²) in [6.07, 6.45) is 2.85. The third-order valence-electron chi connectivity index (χ3n) is 3.77. The molecule has 0 saturated heterocycles. The number of aliphatic hydroxyl groups excluding tert-OH is 1.